The summed E-state index contributed by atoms with van der Waals surface area (Å²) < 4.78 is 4.21. The van der Waals surface area contributed by atoms with Crippen molar-refractivity contribution in [3.63, 3.8) is 0 Å². The van der Waals surface area contributed by atoms with Crippen LogP contribution >= 0.6 is 31.9 Å². The molecule has 0 unspecified atom stereocenters. The molecule has 1 fully saturated rings. The lowest BCUT2D eigenvalue weighted by Gasteiger charge is -2.08. The molecule has 2 aromatic rings. The molecule has 4 nitrogen and oxygen atoms in total. The number of aromatic nitrogens is 3. The minimum absolute atomic E-state index is 0.429. The Morgan fingerprint density at radius 2 is 1.83 bits per heavy atom. The van der Waals surface area contributed by atoms with Crippen molar-refractivity contribution < 1.29 is 0 Å². The lowest BCUT2D eigenvalue weighted by atomic mass is 10.2. The molecule has 94 valence electrons. The summed E-state index contributed by atoms with van der Waals surface area (Å²) in [5.41, 5.74) is 6.78. The van der Waals surface area contributed by atoms with Crippen molar-refractivity contribution in [3.05, 3.63) is 33.0 Å². The summed E-state index contributed by atoms with van der Waals surface area (Å²) in [5.74, 6) is 1.77. The molecule has 1 aromatic heterocycles. The maximum Gasteiger partial charge on any atom is 0.164 e. The molecule has 0 aliphatic heterocycles. The number of rotatable bonds is 3. The molecule has 0 radical (unpaired) electrons. The molecule has 1 aliphatic carbocycles. The second-order valence-electron chi connectivity index (χ2n) is 4.40. The normalized spacial score (nSPS) is 15.1. The standard InChI is InChI=1S/C12H12Br2N4/c13-8-3-7(4-9(14)5-8)12-17-16-11(6-15)18(12)10-1-2-10/h3-5,10H,1-2,6,15H2. The second kappa shape index (κ2) is 4.75. The molecule has 3 rings (SSSR count). The lowest BCUT2D eigenvalue weighted by Crippen LogP contribution is -2.08. The highest BCUT2D eigenvalue weighted by Gasteiger charge is 2.29. The summed E-state index contributed by atoms with van der Waals surface area (Å²) in [5, 5.41) is 8.48. The molecule has 18 heavy (non-hydrogen) atoms. The Hall–Kier alpha value is -0.720. The maximum absolute atomic E-state index is 5.73. The van der Waals surface area contributed by atoms with Gasteiger partial charge in [0.05, 0.1) is 6.54 Å². The van der Waals surface area contributed by atoms with Crippen LogP contribution in [0.1, 0.15) is 24.7 Å². The Labute approximate surface area is 122 Å². The minimum atomic E-state index is 0.429. The van der Waals surface area contributed by atoms with Crippen molar-refractivity contribution in [3.8, 4) is 11.4 Å². The molecule has 6 heteroatoms. The van der Waals surface area contributed by atoms with Gasteiger partial charge in [0, 0.05) is 20.6 Å². The van der Waals surface area contributed by atoms with Gasteiger partial charge < -0.3 is 10.3 Å². The van der Waals surface area contributed by atoms with Gasteiger partial charge in [0.25, 0.3) is 0 Å². The fourth-order valence-corrected chi connectivity index (χ4v) is 3.35. The van der Waals surface area contributed by atoms with Crippen molar-refractivity contribution in [1.29, 1.82) is 0 Å². The van der Waals surface area contributed by atoms with Gasteiger partial charge >= 0.3 is 0 Å². The topological polar surface area (TPSA) is 56.7 Å². The Balaban J connectivity index is 2.13. The van der Waals surface area contributed by atoms with Gasteiger partial charge in [-0.1, -0.05) is 31.9 Å². The van der Waals surface area contributed by atoms with E-state index in [1.165, 1.54) is 12.8 Å². The first-order valence-corrected chi connectivity index (χ1v) is 7.38. The van der Waals surface area contributed by atoms with Gasteiger partial charge in [-0.25, -0.2) is 0 Å². The third kappa shape index (κ3) is 2.24. The molecule has 0 bridgehead atoms. The van der Waals surface area contributed by atoms with E-state index in [0.717, 1.165) is 26.2 Å². The molecular formula is C12H12Br2N4. The average molecular weight is 372 g/mol. The fourth-order valence-electron chi connectivity index (χ4n) is 2.06. The first-order valence-electron chi connectivity index (χ1n) is 5.79. The zero-order valence-corrected chi connectivity index (χ0v) is 12.8. The zero-order chi connectivity index (χ0) is 12.7. The summed E-state index contributed by atoms with van der Waals surface area (Å²) >= 11 is 7.00. The highest BCUT2D eigenvalue weighted by Crippen LogP contribution is 2.39. The Bertz CT molecular complexity index is 570. The maximum atomic E-state index is 5.73. The summed E-state index contributed by atoms with van der Waals surface area (Å²) in [7, 11) is 0. The number of benzene rings is 1. The largest absolute Gasteiger partial charge is 0.324 e. The third-order valence-corrected chi connectivity index (χ3v) is 3.90. The Morgan fingerprint density at radius 3 is 2.39 bits per heavy atom. The van der Waals surface area contributed by atoms with Crippen molar-refractivity contribution in [2.75, 3.05) is 0 Å². The van der Waals surface area contributed by atoms with Gasteiger partial charge in [-0.3, -0.25) is 0 Å². The Kier molecular flexibility index (Phi) is 3.25. The van der Waals surface area contributed by atoms with E-state index in [2.05, 4.69) is 46.6 Å². The molecule has 0 amide bonds. The van der Waals surface area contributed by atoms with Crippen molar-refractivity contribution in [2.24, 2.45) is 5.73 Å². The van der Waals surface area contributed by atoms with Crippen LogP contribution in [-0.2, 0) is 6.54 Å². The molecule has 2 N–H and O–H groups in total. The predicted molar refractivity (Wildman–Crippen MR) is 77.0 cm³/mol. The van der Waals surface area contributed by atoms with E-state index in [-0.39, 0.29) is 0 Å². The van der Waals surface area contributed by atoms with E-state index in [0.29, 0.717) is 12.6 Å². The molecule has 1 aliphatic rings. The van der Waals surface area contributed by atoms with Crippen LogP contribution in [-0.4, -0.2) is 14.8 Å². The number of halogens is 2. The van der Waals surface area contributed by atoms with Gasteiger partial charge in [-0.05, 0) is 31.0 Å². The molecule has 1 heterocycles. The molecule has 1 saturated carbocycles. The van der Waals surface area contributed by atoms with Gasteiger partial charge in [0.15, 0.2) is 5.82 Å². The van der Waals surface area contributed by atoms with E-state index in [1.54, 1.807) is 0 Å². The van der Waals surface area contributed by atoms with Crippen LogP contribution in [0.15, 0.2) is 27.1 Å². The van der Waals surface area contributed by atoms with Gasteiger partial charge in [-0.2, -0.15) is 0 Å². The van der Waals surface area contributed by atoms with Gasteiger partial charge in [0.1, 0.15) is 5.82 Å². The third-order valence-electron chi connectivity index (χ3n) is 2.98. The van der Waals surface area contributed by atoms with Gasteiger partial charge in [-0.15, -0.1) is 10.2 Å². The molecule has 0 spiro atoms. The van der Waals surface area contributed by atoms with Crippen molar-refractivity contribution in [2.45, 2.75) is 25.4 Å². The summed E-state index contributed by atoms with van der Waals surface area (Å²) in [6, 6.07) is 6.62. The van der Waals surface area contributed by atoms with Crippen LogP contribution in [0.2, 0.25) is 0 Å². The SMILES string of the molecule is NCc1nnc(-c2cc(Br)cc(Br)c2)n1C1CC1. The molecule has 0 saturated heterocycles. The quantitative estimate of drug-likeness (QED) is 0.900. The number of hydrogen-bond donors (Lipinski definition) is 1. The highest BCUT2D eigenvalue weighted by molar-refractivity contribution is 9.11. The van der Waals surface area contributed by atoms with E-state index >= 15 is 0 Å². The second-order valence-corrected chi connectivity index (χ2v) is 6.23. The predicted octanol–water partition coefficient (Wildman–Crippen LogP) is 3.26. The lowest BCUT2D eigenvalue weighted by molar-refractivity contribution is 0.688. The molecular weight excluding hydrogens is 360 g/mol. The fraction of sp³-hybridized carbons (Fsp3) is 0.333. The van der Waals surface area contributed by atoms with Crippen molar-refractivity contribution >= 4 is 31.9 Å². The average Bonchev–Trinajstić information content (AvgIpc) is 3.07. The smallest absolute Gasteiger partial charge is 0.164 e. The van der Waals surface area contributed by atoms with Crippen LogP contribution in [0.4, 0.5) is 0 Å². The van der Waals surface area contributed by atoms with E-state index < -0.39 is 0 Å². The monoisotopic (exact) mass is 370 g/mol. The van der Waals surface area contributed by atoms with Crippen molar-refractivity contribution in [1.82, 2.24) is 14.8 Å². The van der Waals surface area contributed by atoms with E-state index in [4.69, 9.17) is 5.73 Å². The van der Waals surface area contributed by atoms with Crippen LogP contribution < -0.4 is 5.73 Å². The first-order chi connectivity index (χ1) is 8.69. The highest BCUT2D eigenvalue weighted by atomic mass is 79.9. The number of nitrogens with two attached hydrogens (primary N) is 1. The summed E-state index contributed by atoms with van der Waals surface area (Å²) in [6.07, 6.45) is 2.38. The van der Waals surface area contributed by atoms with E-state index in [9.17, 15) is 0 Å². The van der Waals surface area contributed by atoms with Gasteiger partial charge in [0.2, 0.25) is 0 Å². The number of nitrogens with zero attached hydrogens (tertiary/aromatic N) is 3. The minimum Gasteiger partial charge on any atom is -0.324 e. The number of hydrogen-bond acceptors (Lipinski definition) is 3. The first kappa shape index (κ1) is 12.3. The summed E-state index contributed by atoms with van der Waals surface area (Å²) in [4.78, 5) is 0. The van der Waals surface area contributed by atoms with Crippen LogP contribution in [0.3, 0.4) is 0 Å². The van der Waals surface area contributed by atoms with Crippen LogP contribution in [0.25, 0.3) is 11.4 Å². The van der Waals surface area contributed by atoms with Crippen LogP contribution in [0.5, 0.6) is 0 Å². The van der Waals surface area contributed by atoms with Crippen LogP contribution in [0, 0.1) is 0 Å². The Morgan fingerprint density at radius 1 is 1.17 bits per heavy atom. The van der Waals surface area contributed by atoms with E-state index in [1.807, 2.05) is 18.2 Å². The zero-order valence-electron chi connectivity index (χ0n) is 9.61. The summed E-state index contributed by atoms with van der Waals surface area (Å²) in [6.45, 7) is 0.429. The molecule has 1 aromatic carbocycles. The molecule has 0 atom stereocenters.